The Morgan fingerprint density at radius 3 is 2.76 bits per heavy atom. The van der Waals surface area contributed by atoms with Crippen LogP contribution in [0.4, 0.5) is 0 Å². The molecule has 108 valence electrons. The smallest absolute Gasteiger partial charge is 0.255 e. The van der Waals surface area contributed by atoms with Crippen LogP contribution in [-0.2, 0) is 6.54 Å². The molecule has 0 bridgehead atoms. The number of benzene rings is 1. The van der Waals surface area contributed by atoms with Crippen molar-refractivity contribution in [3.63, 3.8) is 0 Å². The summed E-state index contributed by atoms with van der Waals surface area (Å²) in [5.41, 5.74) is 7.40. The Hall–Kier alpha value is -2.67. The third kappa shape index (κ3) is 2.63. The van der Waals surface area contributed by atoms with E-state index in [0.717, 1.165) is 11.3 Å². The molecule has 1 aromatic carbocycles. The van der Waals surface area contributed by atoms with Gasteiger partial charge in [-0.3, -0.25) is 0 Å². The predicted octanol–water partition coefficient (Wildman–Crippen LogP) is 1.69. The molecule has 2 heterocycles. The highest BCUT2D eigenvalue weighted by molar-refractivity contribution is 5.41. The Morgan fingerprint density at radius 2 is 2.00 bits per heavy atom. The van der Waals surface area contributed by atoms with Gasteiger partial charge >= 0.3 is 0 Å². The van der Waals surface area contributed by atoms with Crippen LogP contribution < -0.4 is 15.2 Å². The number of hydrogen-bond donors (Lipinski definition) is 1. The molecule has 0 unspecified atom stereocenters. The standard InChI is InChI=1S/C14H15N5O2/c1-9-3-13(19-14(18-9)16-8-17-19)21-12-5-10(7-15)4-11(6-12)20-2/h3-6,8H,7,15H2,1-2H3. The number of nitrogens with zero attached hydrogens (tertiary/aromatic N) is 4. The SMILES string of the molecule is COc1cc(CN)cc(Oc2cc(C)nc3ncnn23)c1. The van der Waals surface area contributed by atoms with Crippen molar-refractivity contribution in [2.75, 3.05) is 7.11 Å². The predicted molar refractivity (Wildman–Crippen MR) is 76.5 cm³/mol. The van der Waals surface area contributed by atoms with Crippen LogP contribution in [0.25, 0.3) is 5.78 Å². The van der Waals surface area contributed by atoms with E-state index in [2.05, 4.69) is 15.1 Å². The zero-order valence-corrected chi connectivity index (χ0v) is 11.8. The molecule has 0 fully saturated rings. The number of hydrogen-bond acceptors (Lipinski definition) is 6. The molecule has 7 heteroatoms. The van der Waals surface area contributed by atoms with Gasteiger partial charge in [-0.25, -0.2) is 4.98 Å². The molecule has 0 saturated heterocycles. The van der Waals surface area contributed by atoms with Crippen molar-refractivity contribution >= 4 is 5.78 Å². The minimum atomic E-state index is 0.404. The van der Waals surface area contributed by atoms with Crippen molar-refractivity contribution in [3.05, 3.63) is 41.9 Å². The van der Waals surface area contributed by atoms with E-state index in [-0.39, 0.29) is 0 Å². The highest BCUT2D eigenvalue weighted by atomic mass is 16.5. The van der Waals surface area contributed by atoms with Crippen LogP contribution in [0.15, 0.2) is 30.6 Å². The molecule has 0 amide bonds. The van der Waals surface area contributed by atoms with E-state index in [1.54, 1.807) is 19.2 Å². The first kappa shape index (κ1) is 13.3. The monoisotopic (exact) mass is 285 g/mol. The van der Waals surface area contributed by atoms with E-state index in [9.17, 15) is 0 Å². The first-order valence-corrected chi connectivity index (χ1v) is 6.43. The lowest BCUT2D eigenvalue weighted by Crippen LogP contribution is -2.01. The van der Waals surface area contributed by atoms with Crippen molar-refractivity contribution < 1.29 is 9.47 Å². The van der Waals surface area contributed by atoms with Crippen LogP contribution >= 0.6 is 0 Å². The maximum Gasteiger partial charge on any atom is 0.255 e. The summed E-state index contributed by atoms with van der Waals surface area (Å²) >= 11 is 0. The summed E-state index contributed by atoms with van der Waals surface area (Å²) in [6, 6.07) is 7.32. The van der Waals surface area contributed by atoms with Crippen LogP contribution in [0, 0.1) is 6.92 Å². The van der Waals surface area contributed by atoms with Crippen molar-refractivity contribution in [1.82, 2.24) is 19.6 Å². The molecule has 0 aliphatic carbocycles. The molecule has 3 rings (SSSR count). The van der Waals surface area contributed by atoms with Crippen LogP contribution in [0.2, 0.25) is 0 Å². The summed E-state index contributed by atoms with van der Waals surface area (Å²) in [7, 11) is 1.60. The van der Waals surface area contributed by atoms with Gasteiger partial charge in [0, 0.05) is 24.4 Å². The molecule has 0 aliphatic heterocycles. The summed E-state index contributed by atoms with van der Waals surface area (Å²) in [4.78, 5) is 8.34. The van der Waals surface area contributed by atoms with E-state index >= 15 is 0 Å². The fourth-order valence-electron chi connectivity index (χ4n) is 2.02. The zero-order chi connectivity index (χ0) is 14.8. The van der Waals surface area contributed by atoms with E-state index in [4.69, 9.17) is 15.2 Å². The lowest BCUT2D eigenvalue weighted by atomic mass is 10.2. The fourth-order valence-corrected chi connectivity index (χ4v) is 2.02. The van der Waals surface area contributed by atoms with E-state index in [0.29, 0.717) is 29.7 Å². The van der Waals surface area contributed by atoms with E-state index < -0.39 is 0 Å². The van der Waals surface area contributed by atoms with Crippen molar-refractivity contribution in [3.8, 4) is 17.4 Å². The van der Waals surface area contributed by atoms with Gasteiger partial charge < -0.3 is 15.2 Å². The van der Waals surface area contributed by atoms with E-state index in [1.165, 1.54) is 10.8 Å². The van der Waals surface area contributed by atoms with Gasteiger partial charge in [0.1, 0.15) is 17.8 Å². The Morgan fingerprint density at radius 1 is 1.19 bits per heavy atom. The molecular formula is C14H15N5O2. The lowest BCUT2D eigenvalue weighted by molar-refractivity contribution is 0.404. The maximum atomic E-state index is 5.90. The molecule has 7 nitrogen and oxygen atoms in total. The third-order valence-electron chi connectivity index (χ3n) is 2.98. The lowest BCUT2D eigenvalue weighted by Gasteiger charge is -2.10. The van der Waals surface area contributed by atoms with Gasteiger partial charge in [-0.15, -0.1) is 0 Å². The molecule has 3 aromatic rings. The molecular weight excluding hydrogens is 270 g/mol. The van der Waals surface area contributed by atoms with Gasteiger partial charge in [0.25, 0.3) is 5.78 Å². The average molecular weight is 285 g/mol. The number of nitrogens with two attached hydrogens (primary N) is 1. The minimum Gasteiger partial charge on any atom is -0.497 e. The number of methoxy groups -OCH3 is 1. The second kappa shape index (κ2) is 5.37. The Bertz CT molecular complexity index is 762. The van der Waals surface area contributed by atoms with Crippen LogP contribution in [0.5, 0.6) is 17.4 Å². The second-order valence-corrected chi connectivity index (χ2v) is 4.53. The summed E-state index contributed by atoms with van der Waals surface area (Å²) in [5.74, 6) is 2.34. The van der Waals surface area contributed by atoms with Crippen molar-refractivity contribution in [1.29, 1.82) is 0 Å². The van der Waals surface area contributed by atoms with Gasteiger partial charge in [0.05, 0.1) is 7.11 Å². The van der Waals surface area contributed by atoms with Gasteiger partial charge in [0.15, 0.2) is 0 Å². The van der Waals surface area contributed by atoms with Gasteiger partial charge in [-0.2, -0.15) is 14.6 Å². The topological polar surface area (TPSA) is 87.6 Å². The zero-order valence-electron chi connectivity index (χ0n) is 11.8. The Kier molecular flexibility index (Phi) is 3.41. The highest BCUT2D eigenvalue weighted by Crippen LogP contribution is 2.27. The summed E-state index contributed by atoms with van der Waals surface area (Å²) in [5, 5.41) is 4.10. The van der Waals surface area contributed by atoms with Gasteiger partial charge in [-0.05, 0) is 24.6 Å². The van der Waals surface area contributed by atoms with Crippen LogP contribution in [0.3, 0.4) is 0 Å². The van der Waals surface area contributed by atoms with Crippen LogP contribution in [0.1, 0.15) is 11.3 Å². The molecule has 2 N–H and O–H groups in total. The number of ether oxygens (including phenoxy) is 2. The van der Waals surface area contributed by atoms with Crippen molar-refractivity contribution in [2.45, 2.75) is 13.5 Å². The third-order valence-corrected chi connectivity index (χ3v) is 2.98. The minimum absolute atomic E-state index is 0.404. The first-order valence-electron chi connectivity index (χ1n) is 6.43. The van der Waals surface area contributed by atoms with Crippen LogP contribution in [-0.4, -0.2) is 26.7 Å². The summed E-state index contributed by atoms with van der Waals surface area (Å²) in [6.07, 6.45) is 1.44. The number of fused-ring (bicyclic) bond motifs is 1. The number of rotatable bonds is 4. The molecule has 0 saturated carbocycles. The number of aryl methyl sites for hydroxylation is 1. The molecule has 21 heavy (non-hydrogen) atoms. The Labute approximate surface area is 121 Å². The van der Waals surface area contributed by atoms with E-state index in [1.807, 2.05) is 19.1 Å². The number of aromatic nitrogens is 4. The second-order valence-electron chi connectivity index (χ2n) is 4.53. The quantitative estimate of drug-likeness (QED) is 0.785. The fraction of sp³-hybridized carbons (Fsp3) is 0.214. The highest BCUT2D eigenvalue weighted by Gasteiger charge is 2.09. The molecule has 2 aromatic heterocycles. The molecule has 0 spiro atoms. The van der Waals surface area contributed by atoms with Gasteiger partial charge in [-0.1, -0.05) is 0 Å². The Balaban J connectivity index is 2.03. The largest absolute Gasteiger partial charge is 0.497 e. The first-order chi connectivity index (χ1) is 10.2. The van der Waals surface area contributed by atoms with Gasteiger partial charge in [0.2, 0.25) is 5.88 Å². The molecule has 0 aliphatic rings. The maximum absolute atomic E-state index is 5.90. The summed E-state index contributed by atoms with van der Waals surface area (Å²) in [6.45, 7) is 2.28. The molecule has 0 radical (unpaired) electrons. The molecule has 0 atom stereocenters. The average Bonchev–Trinajstić information content (AvgIpc) is 2.95. The summed E-state index contributed by atoms with van der Waals surface area (Å²) < 4.78 is 12.7. The van der Waals surface area contributed by atoms with Crippen molar-refractivity contribution in [2.24, 2.45) is 5.73 Å². The normalized spacial score (nSPS) is 10.8.